The van der Waals surface area contributed by atoms with Crippen molar-refractivity contribution in [2.24, 2.45) is 0 Å². The van der Waals surface area contributed by atoms with Crippen LogP contribution in [0.5, 0.6) is 0 Å². The van der Waals surface area contributed by atoms with E-state index >= 15 is 0 Å². The van der Waals surface area contributed by atoms with E-state index in [1.807, 2.05) is 0 Å². The summed E-state index contributed by atoms with van der Waals surface area (Å²) >= 11 is 0. The molecule has 1 atom stereocenters. The van der Waals surface area contributed by atoms with Gasteiger partial charge in [0.1, 0.15) is 5.41 Å². The van der Waals surface area contributed by atoms with E-state index in [-0.39, 0.29) is 30.0 Å². The zero-order valence-electron chi connectivity index (χ0n) is 13.6. The number of nitrogens with zero attached hydrogens (tertiary/aromatic N) is 1. The molecule has 7 nitrogen and oxygen atoms in total. The Kier molecular flexibility index (Phi) is 3.57. The minimum absolute atomic E-state index is 0.0395. The lowest BCUT2D eigenvalue weighted by molar-refractivity contribution is -0.175. The van der Waals surface area contributed by atoms with E-state index in [0.29, 0.717) is 10.6 Å². The molecule has 1 N–H and O–H groups in total. The number of imide groups is 1. The summed E-state index contributed by atoms with van der Waals surface area (Å²) in [6.07, 6.45) is -0.112. The van der Waals surface area contributed by atoms with Gasteiger partial charge in [0.2, 0.25) is 5.91 Å². The van der Waals surface area contributed by atoms with Gasteiger partial charge in [-0.25, -0.2) is 4.79 Å². The standard InChI is InChI=1S/C19H14N2O5/c22-15-10-19(11-20-15,12-6-2-1-3-7-12)18(25)26-21-16(23)13-8-4-5-9-14(13)17(21)24/h1-9H,10-11H2,(H,20,22). The van der Waals surface area contributed by atoms with Crippen molar-refractivity contribution in [3.8, 4) is 0 Å². The summed E-state index contributed by atoms with van der Waals surface area (Å²) in [6.45, 7) is 0.0395. The van der Waals surface area contributed by atoms with E-state index < -0.39 is 23.2 Å². The molecule has 1 fully saturated rings. The predicted octanol–water partition coefficient (Wildman–Crippen LogP) is 1.20. The Morgan fingerprint density at radius 3 is 2.04 bits per heavy atom. The summed E-state index contributed by atoms with van der Waals surface area (Å²) in [7, 11) is 0. The SMILES string of the molecule is O=C1CC(C(=O)ON2C(=O)c3ccccc3C2=O)(c2ccccc2)CN1. The quantitative estimate of drug-likeness (QED) is 0.840. The van der Waals surface area contributed by atoms with Crippen molar-refractivity contribution in [2.75, 3.05) is 6.54 Å². The zero-order valence-corrected chi connectivity index (χ0v) is 13.6. The summed E-state index contributed by atoms with van der Waals surface area (Å²) in [5, 5.41) is 3.10. The number of hydrogen-bond donors (Lipinski definition) is 1. The normalized spacial score (nSPS) is 21.5. The smallest absolute Gasteiger partial charge is 0.345 e. The lowest BCUT2D eigenvalue weighted by Gasteiger charge is -2.26. The van der Waals surface area contributed by atoms with Crippen molar-refractivity contribution in [1.82, 2.24) is 10.4 Å². The van der Waals surface area contributed by atoms with Crippen LogP contribution >= 0.6 is 0 Å². The molecule has 4 rings (SSSR count). The Morgan fingerprint density at radius 2 is 1.50 bits per heavy atom. The number of carbonyl (C=O) groups is 4. The van der Waals surface area contributed by atoms with E-state index in [2.05, 4.69) is 5.32 Å². The molecule has 2 aliphatic rings. The van der Waals surface area contributed by atoms with E-state index in [1.165, 1.54) is 12.1 Å². The summed E-state index contributed by atoms with van der Waals surface area (Å²) in [4.78, 5) is 54.8. The number of nitrogens with one attached hydrogen (secondary N) is 1. The first-order valence-electron chi connectivity index (χ1n) is 8.05. The molecule has 0 spiro atoms. The fraction of sp³-hybridized carbons (Fsp3) is 0.158. The number of benzene rings is 2. The molecule has 3 amide bonds. The first-order valence-corrected chi connectivity index (χ1v) is 8.05. The Balaban J connectivity index is 1.66. The van der Waals surface area contributed by atoms with Gasteiger partial charge in [-0.2, -0.15) is 0 Å². The molecule has 130 valence electrons. The highest BCUT2D eigenvalue weighted by molar-refractivity contribution is 6.21. The lowest BCUT2D eigenvalue weighted by atomic mass is 9.79. The maximum absolute atomic E-state index is 13.0. The first-order chi connectivity index (χ1) is 12.5. The Morgan fingerprint density at radius 1 is 0.923 bits per heavy atom. The Labute approximate surface area is 148 Å². The first kappa shape index (κ1) is 16.0. The lowest BCUT2D eigenvalue weighted by Crippen LogP contribution is -2.44. The van der Waals surface area contributed by atoms with Crippen LogP contribution in [0.25, 0.3) is 0 Å². The van der Waals surface area contributed by atoms with Gasteiger partial charge >= 0.3 is 5.97 Å². The van der Waals surface area contributed by atoms with Crippen LogP contribution in [-0.2, 0) is 19.8 Å². The summed E-state index contributed by atoms with van der Waals surface area (Å²) < 4.78 is 0. The van der Waals surface area contributed by atoms with Crippen LogP contribution < -0.4 is 5.32 Å². The van der Waals surface area contributed by atoms with Gasteiger partial charge in [0, 0.05) is 13.0 Å². The zero-order chi connectivity index (χ0) is 18.3. The van der Waals surface area contributed by atoms with Gasteiger partial charge in [-0.3, -0.25) is 14.4 Å². The van der Waals surface area contributed by atoms with Crippen LogP contribution in [0.3, 0.4) is 0 Å². The maximum atomic E-state index is 13.0. The third-order valence-electron chi connectivity index (χ3n) is 4.70. The number of amides is 3. The summed E-state index contributed by atoms with van der Waals surface area (Å²) in [5.41, 5.74) is -0.340. The molecule has 0 aliphatic carbocycles. The molecule has 0 radical (unpaired) electrons. The molecule has 2 aromatic carbocycles. The number of hydroxylamine groups is 2. The second-order valence-electron chi connectivity index (χ2n) is 6.23. The van der Waals surface area contributed by atoms with Crippen molar-refractivity contribution in [3.63, 3.8) is 0 Å². The molecule has 0 bridgehead atoms. The molecular formula is C19H14N2O5. The molecule has 7 heteroatoms. The molecular weight excluding hydrogens is 336 g/mol. The molecule has 0 aromatic heterocycles. The van der Waals surface area contributed by atoms with Crippen LogP contribution in [-0.4, -0.2) is 35.3 Å². The monoisotopic (exact) mass is 350 g/mol. The van der Waals surface area contributed by atoms with Crippen molar-refractivity contribution in [2.45, 2.75) is 11.8 Å². The Hall–Kier alpha value is -3.48. The minimum atomic E-state index is -1.28. The van der Waals surface area contributed by atoms with Crippen molar-refractivity contribution in [1.29, 1.82) is 0 Å². The largest absolute Gasteiger partial charge is 0.355 e. The molecule has 2 aromatic rings. The topological polar surface area (TPSA) is 92.8 Å². The van der Waals surface area contributed by atoms with Gasteiger partial charge in [-0.05, 0) is 17.7 Å². The maximum Gasteiger partial charge on any atom is 0.345 e. The fourth-order valence-electron chi connectivity index (χ4n) is 3.29. The third-order valence-corrected chi connectivity index (χ3v) is 4.70. The second-order valence-corrected chi connectivity index (χ2v) is 6.23. The molecule has 0 saturated carbocycles. The highest BCUT2D eigenvalue weighted by Crippen LogP contribution is 2.34. The van der Waals surface area contributed by atoms with Crippen molar-refractivity contribution < 1.29 is 24.0 Å². The van der Waals surface area contributed by atoms with Crippen LogP contribution in [0.15, 0.2) is 54.6 Å². The average molecular weight is 350 g/mol. The fourth-order valence-corrected chi connectivity index (χ4v) is 3.29. The van der Waals surface area contributed by atoms with Crippen LogP contribution in [0, 0.1) is 0 Å². The van der Waals surface area contributed by atoms with Crippen LogP contribution in [0.4, 0.5) is 0 Å². The third kappa shape index (κ3) is 2.28. The van der Waals surface area contributed by atoms with Gasteiger partial charge < -0.3 is 10.2 Å². The van der Waals surface area contributed by atoms with E-state index in [1.54, 1.807) is 42.5 Å². The summed E-state index contributed by atoms with van der Waals surface area (Å²) in [6, 6.07) is 14.9. The van der Waals surface area contributed by atoms with Crippen molar-refractivity contribution >= 4 is 23.7 Å². The van der Waals surface area contributed by atoms with Gasteiger partial charge in [0.15, 0.2) is 0 Å². The predicted molar refractivity (Wildman–Crippen MR) is 88.8 cm³/mol. The molecule has 2 heterocycles. The van der Waals surface area contributed by atoms with Crippen LogP contribution in [0.2, 0.25) is 0 Å². The summed E-state index contributed by atoms with van der Waals surface area (Å²) in [5.74, 6) is -2.51. The van der Waals surface area contributed by atoms with Gasteiger partial charge in [-0.15, -0.1) is 0 Å². The van der Waals surface area contributed by atoms with E-state index in [0.717, 1.165) is 0 Å². The number of hydrogen-bond acceptors (Lipinski definition) is 5. The minimum Gasteiger partial charge on any atom is -0.355 e. The van der Waals surface area contributed by atoms with Crippen molar-refractivity contribution in [3.05, 3.63) is 71.3 Å². The highest BCUT2D eigenvalue weighted by atomic mass is 16.7. The molecule has 1 saturated heterocycles. The average Bonchev–Trinajstić information content (AvgIpc) is 3.18. The van der Waals surface area contributed by atoms with Gasteiger partial charge in [-0.1, -0.05) is 47.5 Å². The molecule has 26 heavy (non-hydrogen) atoms. The highest BCUT2D eigenvalue weighted by Gasteiger charge is 2.51. The van der Waals surface area contributed by atoms with E-state index in [9.17, 15) is 19.2 Å². The molecule has 1 unspecified atom stereocenters. The Bertz CT molecular complexity index is 905. The second kappa shape index (κ2) is 5.80. The van der Waals surface area contributed by atoms with E-state index in [4.69, 9.17) is 4.84 Å². The van der Waals surface area contributed by atoms with Gasteiger partial charge in [0.05, 0.1) is 11.1 Å². The van der Waals surface area contributed by atoms with Gasteiger partial charge in [0.25, 0.3) is 11.8 Å². The number of fused-ring (bicyclic) bond motifs is 1. The molecule has 2 aliphatic heterocycles. The number of carbonyl (C=O) groups excluding carboxylic acids is 4. The van der Waals surface area contributed by atoms with Crippen LogP contribution in [0.1, 0.15) is 32.7 Å². The number of rotatable bonds is 3.